The summed E-state index contributed by atoms with van der Waals surface area (Å²) >= 11 is 0. The van der Waals surface area contributed by atoms with Crippen molar-refractivity contribution in [2.24, 2.45) is 5.73 Å². The molecule has 0 aliphatic rings. The quantitative estimate of drug-likeness (QED) is 0.698. The topological polar surface area (TPSA) is 93.4 Å². The first-order valence-corrected chi connectivity index (χ1v) is 4.55. The first-order valence-electron chi connectivity index (χ1n) is 4.55. The van der Waals surface area contributed by atoms with Gasteiger partial charge in [-0.2, -0.15) is 0 Å². The Balaban J connectivity index is 3.10. The normalized spacial score (nSPS) is 9.38. The number of ether oxygens (including phenoxy) is 1. The van der Waals surface area contributed by atoms with Gasteiger partial charge in [-0.25, -0.2) is 4.79 Å². The second kappa shape index (κ2) is 5.01. The zero-order valence-corrected chi connectivity index (χ0v) is 9.03. The van der Waals surface area contributed by atoms with Crippen molar-refractivity contribution >= 4 is 17.6 Å². The smallest absolute Gasteiger partial charge is 0.318 e. The van der Waals surface area contributed by atoms with Crippen molar-refractivity contribution in [1.29, 1.82) is 0 Å². The van der Waals surface area contributed by atoms with Crippen LogP contribution in [0.25, 0.3) is 0 Å². The van der Waals surface area contributed by atoms with Gasteiger partial charge in [-0.05, 0) is 12.1 Å². The van der Waals surface area contributed by atoms with E-state index in [1.54, 1.807) is 6.07 Å². The Bertz CT molecular complexity index is 418. The van der Waals surface area contributed by atoms with Gasteiger partial charge in [-0.3, -0.25) is 4.79 Å². The molecule has 0 saturated carbocycles. The number of urea groups is 1. The van der Waals surface area contributed by atoms with Crippen molar-refractivity contribution in [3.63, 3.8) is 0 Å². The molecule has 0 spiro atoms. The number of primary amides is 1. The number of methoxy groups -OCH3 is 1. The summed E-state index contributed by atoms with van der Waals surface area (Å²) in [5.41, 5.74) is 5.71. The molecule has 6 heteroatoms. The van der Waals surface area contributed by atoms with Crippen LogP contribution in [0.15, 0.2) is 18.2 Å². The minimum atomic E-state index is -0.617. The van der Waals surface area contributed by atoms with Crippen LogP contribution in [0, 0.1) is 0 Å². The number of rotatable bonds is 3. The molecule has 3 amide bonds. The van der Waals surface area contributed by atoms with E-state index in [-0.39, 0.29) is 5.56 Å². The van der Waals surface area contributed by atoms with Gasteiger partial charge in [0.1, 0.15) is 5.75 Å². The summed E-state index contributed by atoms with van der Waals surface area (Å²) in [7, 11) is 2.96. The van der Waals surface area contributed by atoms with E-state index in [9.17, 15) is 9.59 Å². The van der Waals surface area contributed by atoms with E-state index in [0.29, 0.717) is 11.4 Å². The first kappa shape index (κ1) is 11.8. The third kappa shape index (κ3) is 2.63. The van der Waals surface area contributed by atoms with Crippen LogP contribution in [-0.4, -0.2) is 26.1 Å². The van der Waals surface area contributed by atoms with Gasteiger partial charge in [0, 0.05) is 13.1 Å². The lowest BCUT2D eigenvalue weighted by Gasteiger charge is -2.10. The van der Waals surface area contributed by atoms with Crippen LogP contribution >= 0.6 is 0 Å². The zero-order valence-electron chi connectivity index (χ0n) is 9.03. The molecule has 0 aliphatic carbocycles. The fourth-order valence-corrected chi connectivity index (χ4v) is 1.15. The molecule has 0 unspecified atom stereocenters. The third-order valence-corrected chi connectivity index (χ3v) is 1.97. The summed E-state index contributed by atoms with van der Waals surface area (Å²) in [5.74, 6) is -0.0922. The average molecular weight is 223 g/mol. The molecule has 0 bridgehead atoms. The van der Waals surface area contributed by atoms with Crippen LogP contribution in [0.5, 0.6) is 5.75 Å². The van der Waals surface area contributed by atoms with Gasteiger partial charge in [0.25, 0.3) is 5.91 Å². The number of hydrogen-bond acceptors (Lipinski definition) is 3. The molecule has 0 radical (unpaired) electrons. The molecule has 1 aromatic carbocycles. The molecule has 1 rings (SSSR count). The van der Waals surface area contributed by atoms with Gasteiger partial charge >= 0.3 is 6.03 Å². The Morgan fingerprint density at radius 3 is 2.56 bits per heavy atom. The van der Waals surface area contributed by atoms with Gasteiger partial charge in [0.2, 0.25) is 0 Å². The van der Waals surface area contributed by atoms with Gasteiger partial charge in [-0.15, -0.1) is 0 Å². The fraction of sp³-hybridized carbons (Fsp3) is 0.200. The summed E-state index contributed by atoms with van der Waals surface area (Å²) < 4.78 is 4.98. The Labute approximate surface area is 92.8 Å². The molecule has 0 aromatic heterocycles. The zero-order chi connectivity index (χ0) is 12.1. The maximum absolute atomic E-state index is 11.1. The van der Waals surface area contributed by atoms with Gasteiger partial charge in [0.15, 0.2) is 0 Å². The maximum Gasteiger partial charge on any atom is 0.318 e. The van der Waals surface area contributed by atoms with Crippen LogP contribution in [0.3, 0.4) is 0 Å². The summed E-state index contributed by atoms with van der Waals surface area (Å²) in [6.07, 6.45) is 0. The number of carbonyl (C=O) groups is 2. The average Bonchev–Trinajstić information content (AvgIpc) is 2.28. The molecule has 0 saturated heterocycles. The van der Waals surface area contributed by atoms with Crippen molar-refractivity contribution in [3.8, 4) is 5.75 Å². The van der Waals surface area contributed by atoms with Crippen LogP contribution in [-0.2, 0) is 0 Å². The molecule has 86 valence electrons. The molecule has 0 aliphatic heterocycles. The Kier molecular flexibility index (Phi) is 3.71. The van der Waals surface area contributed by atoms with Crippen molar-refractivity contribution in [1.82, 2.24) is 5.32 Å². The van der Waals surface area contributed by atoms with Crippen molar-refractivity contribution in [3.05, 3.63) is 23.8 Å². The van der Waals surface area contributed by atoms with Gasteiger partial charge in [0.05, 0.1) is 18.4 Å². The first-order chi connectivity index (χ1) is 7.58. The molecular formula is C10H13N3O3. The lowest BCUT2D eigenvalue weighted by atomic mass is 10.1. The minimum absolute atomic E-state index is 0.226. The second-order valence-corrected chi connectivity index (χ2v) is 2.98. The molecule has 0 fully saturated rings. The monoisotopic (exact) mass is 223 g/mol. The predicted octanol–water partition coefficient (Wildman–Crippen LogP) is 0.545. The van der Waals surface area contributed by atoms with E-state index in [2.05, 4.69) is 10.6 Å². The standard InChI is InChI=1S/C10H13N3O3/c1-12-10(15)13-8-5-6(16-2)3-4-7(8)9(11)14/h3-5H,1-2H3,(H2,11,14)(H2,12,13,15). The van der Waals surface area contributed by atoms with Crippen molar-refractivity contribution < 1.29 is 14.3 Å². The van der Waals surface area contributed by atoms with Crippen molar-refractivity contribution in [2.45, 2.75) is 0 Å². The van der Waals surface area contributed by atoms with E-state index in [1.165, 1.54) is 26.3 Å². The number of nitrogens with two attached hydrogens (primary N) is 1. The lowest BCUT2D eigenvalue weighted by Crippen LogP contribution is -2.26. The molecule has 6 nitrogen and oxygen atoms in total. The summed E-state index contributed by atoms with van der Waals surface area (Å²) in [6, 6.07) is 4.17. The number of carbonyl (C=O) groups excluding carboxylic acids is 2. The molecule has 0 heterocycles. The molecule has 0 atom stereocenters. The Morgan fingerprint density at radius 1 is 1.38 bits per heavy atom. The highest BCUT2D eigenvalue weighted by Crippen LogP contribution is 2.22. The fourth-order valence-electron chi connectivity index (χ4n) is 1.15. The van der Waals surface area contributed by atoms with Gasteiger partial charge in [-0.1, -0.05) is 0 Å². The van der Waals surface area contributed by atoms with E-state index in [0.717, 1.165) is 0 Å². The number of benzene rings is 1. The summed E-state index contributed by atoms with van der Waals surface area (Å²) in [4.78, 5) is 22.2. The number of nitrogens with one attached hydrogen (secondary N) is 2. The predicted molar refractivity (Wildman–Crippen MR) is 59.6 cm³/mol. The third-order valence-electron chi connectivity index (χ3n) is 1.97. The van der Waals surface area contributed by atoms with Crippen LogP contribution < -0.4 is 21.1 Å². The number of anilines is 1. The van der Waals surface area contributed by atoms with E-state index >= 15 is 0 Å². The van der Waals surface area contributed by atoms with Crippen molar-refractivity contribution in [2.75, 3.05) is 19.5 Å². The van der Waals surface area contributed by atoms with Gasteiger partial charge < -0.3 is 21.1 Å². The molecule has 4 N–H and O–H groups in total. The highest BCUT2D eigenvalue weighted by molar-refractivity contribution is 6.02. The Hall–Kier alpha value is -2.24. The second-order valence-electron chi connectivity index (χ2n) is 2.98. The lowest BCUT2D eigenvalue weighted by molar-refractivity contribution is 0.100. The largest absolute Gasteiger partial charge is 0.497 e. The molecule has 1 aromatic rings. The minimum Gasteiger partial charge on any atom is -0.497 e. The SMILES string of the molecule is CNC(=O)Nc1cc(OC)ccc1C(N)=O. The summed E-state index contributed by atoms with van der Waals surface area (Å²) in [5, 5.41) is 4.86. The molecule has 16 heavy (non-hydrogen) atoms. The van der Waals surface area contributed by atoms with E-state index in [4.69, 9.17) is 10.5 Å². The summed E-state index contributed by atoms with van der Waals surface area (Å²) in [6.45, 7) is 0. The van der Waals surface area contributed by atoms with Crippen LogP contribution in [0.1, 0.15) is 10.4 Å². The number of amides is 3. The highest BCUT2D eigenvalue weighted by atomic mass is 16.5. The van der Waals surface area contributed by atoms with Crippen LogP contribution in [0.4, 0.5) is 10.5 Å². The maximum atomic E-state index is 11.1. The van der Waals surface area contributed by atoms with E-state index in [1.807, 2.05) is 0 Å². The molecular weight excluding hydrogens is 210 g/mol. The Morgan fingerprint density at radius 2 is 2.06 bits per heavy atom. The highest BCUT2D eigenvalue weighted by Gasteiger charge is 2.11. The van der Waals surface area contributed by atoms with E-state index < -0.39 is 11.9 Å². The number of hydrogen-bond donors (Lipinski definition) is 3. The van der Waals surface area contributed by atoms with Crippen LogP contribution in [0.2, 0.25) is 0 Å².